The minimum absolute atomic E-state index is 0.0258. The second-order valence-corrected chi connectivity index (χ2v) is 10.6. The van der Waals surface area contributed by atoms with Gasteiger partial charge in [-0.05, 0) is 66.8 Å². The number of likely N-dealkylation sites (N-methyl/N-ethyl adjacent to an activating group) is 1. The van der Waals surface area contributed by atoms with E-state index in [1.165, 1.54) is 5.56 Å². The van der Waals surface area contributed by atoms with Gasteiger partial charge >= 0.3 is 0 Å². The van der Waals surface area contributed by atoms with E-state index in [0.717, 1.165) is 23.0 Å². The van der Waals surface area contributed by atoms with Crippen LogP contribution in [0.3, 0.4) is 0 Å². The molecule has 1 saturated heterocycles. The van der Waals surface area contributed by atoms with Gasteiger partial charge in [-0.1, -0.05) is 49.7 Å². The van der Waals surface area contributed by atoms with E-state index >= 15 is 0 Å². The zero-order chi connectivity index (χ0) is 24.5. The van der Waals surface area contributed by atoms with Crippen molar-refractivity contribution in [2.75, 3.05) is 38.6 Å². The van der Waals surface area contributed by atoms with Crippen molar-refractivity contribution in [2.45, 2.75) is 25.7 Å². The number of halogens is 1. The Morgan fingerprint density at radius 2 is 1.76 bits per heavy atom. The van der Waals surface area contributed by atoms with Gasteiger partial charge in [0.05, 0.1) is 0 Å². The molecule has 1 unspecified atom stereocenters. The van der Waals surface area contributed by atoms with Crippen LogP contribution in [0, 0.1) is 5.92 Å². The lowest BCUT2D eigenvalue weighted by molar-refractivity contribution is -0.117. The SMILES string of the molecule is CN(C)CC(C)(C)c1ccc(N2CC(CNC(=O)c3ccc4ccc(Cl)cc4c3)CC2=O)cc1. The molecule has 1 aliphatic rings. The Morgan fingerprint density at radius 3 is 2.47 bits per heavy atom. The molecule has 1 atom stereocenters. The number of benzene rings is 3. The van der Waals surface area contributed by atoms with Gasteiger partial charge in [0.1, 0.15) is 0 Å². The molecule has 3 aromatic carbocycles. The number of anilines is 1. The van der Waals surface area contributed by atoms with Crippen LogP contribution >= 0.6 is 11.6 Å². The van der Waals surface area contributed by atoms with Crippen LogP contribution < -0.4 is 10.2 Å². The molecule has 5 nitrogen and oxygen atoms in total. The van der Waals surface area contributed by atoms with Crippen molar-refractivity contribution in [3.8, 4) is 0 Å². The zero-order valence-corrected chi connectivity index (χ0v) is 21.0. The molecule has 0 bridgehead atoms. The normalized spacial score (nSPS) is 16.5. The van der Waals surface area contributed by atoms with E-state index < -0.39 is 0 Å². The fourth-order valence-electron chi connectivity index (χ4n) is 4.84. The molecule has 1 fully saturated rings. The Bertz CT molecular complexity index is 1200. The van der Waals surface area contributed by atoms with Crippen molar-refractivity contribution < 1.29 is 9.59 Å². The Labute approximate surface area is 206 Å². The number of rotatable bonds is 7. The third-order valence-corrected chi connectivity index (χ3v) is 6.73. The number of hydrogen-bond donors (Lipinski definition) is 1. The molecule has 1 aliphatic heterocycles. The minimum atomic E-state index is -0.139. The number of amides is 2. The topological polar surface area (TPSA) is 52.6 Å². The van der Waals surface area contributed by atoms with Crippen LogP contribution in [0.15, 0.2) is 60.7 Å². The highest BCUT2D eigenvalue weighted by molar-refractivity contribution is 6.31. The number of hydrogen-bond acceptors (Lipinski definition) is 3. The fraction of sp³-hybridized carbons (Fsp3) is 0.357. The molecule has 1 heterocycles. The standard InChI is InChI=1S/C28H32ClN3O2/c1-28(2,18-31(3)4)23-8-11-25(12-9-23)32-17-19(13-26(32)33)16-30-27(34)21-6-5-20-7-10-24(29)15-22(20)14-21/h5-12,14-15,19H,13,16-18H2,1-4H3,(H,30,34). The van der Waals surface area contributed by atoms with Crippen LogP contribution in [0.4, 0.5) is 5.69 Å². The number of carbonyl (C=O) groups is 2. The van der Waals surface area contributed by atoms with E-state index in [2.05, 4.69) is 50.3 Å². The van der Waals surface area contributed by atoms with Crippen LogP contribution in [0.1, 0.15) is 36.2 Å². The summed E-state index contributed by atoms with van der Waals surface area (Å²) in [6.45, 7) is 6.47. The van der Waals surface area contributed by atoms with Crippen molar-refractivity contribution in [1.82, 2.24) is 10.2 Å². The van der Waals surface area contributed by atoms with Crippen LogP contribution in [0.2, 0.25) is 5.02 Å². The van der Waals surface area contributed by atoms with Crippen molar-refractivity contribution in [3.63, 3.8) is 0 Å². The monoisotopic (exact) mass is 477 g/mol. The van der Waals surface area contributed by atoms with Crippen molar-refractivity contribution in [1.29, 1.82) is 0 Å². The highest BCUT2D eigenvalue weighted by Gasteiger charge is 2.31. The molecule has 34 heavy (non-hydrogen) atoms. The summed E-state index contributed by atoms with van der Waals surface area (Å²) in [5.74, 6) is 0.0383. The van der Waals surface area contributed by atoms with Crippen LogP contribution in [0.25, 0.3) is 10.8 Å². The molecule has 0 spiro atoms. The minimum Gasteiger partial charge on any atom is -0.352 e. The van der Waals surface area contributed by atoms with E-state index in [1.807, 2.05) is 53.4 Å². The molecule has 0 radical (unpaired) electrons. The van der Waals surface area contributed by atoms with Gasteiger partial charge in [0.15, 0.2) is 0 Å². The van der Waals surface area contributed by atoms with Crippen LogP contribution in [0.5, 0.6) is 0 Å². The predicted molar refractivity (Wildman–Crippen MR) is 140 cm³/mol. The first-order chi connectivity index (χ1) is 16.1. The third kappa shape index (κ3) is 5.43. The molecule has 4 rings (SSSR count). The van der Waals surface area contributed by atoms with E-state index in [9.17, 15) is 9.59 Å². The quantitative estimate of drug-likeness (QED) is 0.514. The molecular formula is C28H32ClN3O2. The zero-order valence-electron chi connectivity index (χ0n) is 20.3. The number of nitrogens with one attached hydrogen (secondary N) is 1. The number of nitrogens with zero attached hydrogens (tertiary/aromatic N) is 2. The molecule has 2 amide bonds. The van der Waals surface area contributed by atoms with E-state index in [1.54, 1.807) is 0 Å². The Hall–Kier alpha value is -2.89. The lowest BCUT2D eigenvalue weighted by Crippen LogP contribution is -2.32. The molecular weight excluding hydrogens is 446 g/mol. The molecule has 0 aromatic heterocycles. The molecule has 178 valence electrons. The fourth-order valence-corrected chi connectivity index (χ4v) is 5.02. The summed E-state index contributed by atoms with van der Waals surface area (Å²) in [5, 5.41) is 5.61. The Kier molecular flexibility index (Phi) is 6.96. The van der Waals surface area contributed by atoms with Gasteiger partial charge in [-0.15, -0.1) is 0 Å². The first-order valence-electron chi connectivity index (χ1n) is 11.7. The van der Waals surface area contributed by atoms with Gasteiger partial charge in [-0.2, -0.15) is 0 Å². The van der Waals surface area contributed by atoms with Crippen molar-refractivity contribution in [2.24, 2.45) is 5.92 Å². The number of carbonyl (C=O) groups excluding carboxylic acids is 2. The van der Waals surface area contributed by atoms with E-state index in [0.29, 0.717) is 30.1 Å². The van der Waals surface area contributed by atoms with E-state index in [-0.39, 0.29) is 23.1 Å². The summed E-state index contributed by atoms with van der Waals surface area (Å²) < 4.78 is 0. The van der Waals surface area contributed by atoms with Crippen molar-refractivity contribution >= 4 is 39.9 Å². The van der Waals surface area contributed by atoms with Gasteiger partial charge in [-0.25, -0.2) is 0 Å². The lowest BCUT2D eigenvalue weighted by Gasteiger charge is -2.29. The maximum Gasteiger partial charge on any atom is 0.251 e. The molecule has 6 heteroatoms. The van der Waals surface area contributed by atoms with E-state index in [4.69, 9.17) is 11.6 Å². The highest BCUT2D eigenvalue weighted by atomic mass is 35.5. The largest absolute Gasteiger partial charge is 0.352 e. The Balaban J connectivity index is 1.37. The number of fused-ring (bicyclic) bond motifs is 1. The smallest absolute Gasteiger partial charge is 0.251 e. The first kappa shape index (κ1) is 24.2. The highest BCUT2D eigenvalue weighted by Crippen LogP contribution is 2.29. The van der Waals surface area contributed by atoms with Gasteiger partial charge < -0.3 is 15.1 Å². The second-order valence-electron chi connectivity index (χ2n) is 10.2. The van der Waals surface area contributed by atoms with Crippen LogP contribution in [-0.4, -0.2) is 50.4 Å². The average Bonchev–Trinajstić information content (AvgIpc) is 3.16. The van der Waals surface area contributed by atoms with Gasteiger partial charge in [0.25, 0.3) is 5.91 Å². The molecule has 3 aromatic rings. The Morgan fingerprint density at radius 1 is 1.06 bits per heavy atom. The predicted octanol–water partition coefficient (Wildman–Crippen LogP) is 5.12. The van der Waals surface area contributed by atoms with Gasteiger partial charge in [0.2, 0.25) is 5.91 Å². The summed E-state index contributed by atoms with van der Waals surface area (Å²) in [7, 11) is 4.15. The summed E-state index contributed by atoms with van der Waals surface area (Å²) in [4.78, 5) is 29.4. The summed E-state index contributed by atoms with van der Waals surface area (Å²) in [6, 6.07) is 19.5. The van der Waals surface area contributed by atoms with Crippen LogP contribution in [-0.2, 0) is 10.2 Å². The second kappa shape index (κ2) is 9.77. The van der Waals surface area contributed by atoms with Gasteiger partial charge in [0, 0.05) is 53.7 Å². The van der Waals surface area contributed by atoms with Crippen molar-refractivity contribution in [3.05, 3.63) is 76.8 Å². The lowest BCUT2D eigenvalue weighted by atomic mass is 9.84. The average molecular weight is 478 g/mol. The third-order valence-electron chi connectivity index (χ3n) is 6.49. The summed E-state index contributed by atoms with van der Waals surface area (Å²) >= 11 is 6.09. The molecule has 0 aliphatic carbocycles. The van der Waals surface area contributed by atoms with Gasteiger partial charge in [-0.3, -0.25) is 9.59 Å². The summed E-state index contributed by atoms with van der Waals surface area (Å²) in [5.41, 5.74) is 2.77. The molecule has 1 N–H and O–H groups in total. The maximum absolute atomic E-state index is 12.7. The first-order valence-corrected chi connectivity index (χ1v) is 12.0. The summed E-state index contributed by atoms with van der Waals surface area (Å²) in [6.07, 6.45) is 0.432. The molecule has 0 saturated carbocycles. The maximum atomic E-state index is 12.7.